The SMILES string of the molecule is CCC(CO)CNCc1ccc(OC)c(C)c1OC. The van der Waals surface area contributed by atoms with Crippen LogP contribution in [-0.4, -0.2) is 32.5 Å². The van der Waals surface area contributed by atoms with E-state index in [4.69, 9.17) is 14.6 Å². The van der Waals surface area contributed by atoms with Gasteiger partial charge in [-0.15, -0.1) is 0 Å². The summed E-state index contributed by atoms with van der Waals surface area (Å²) in [5.74, 6) is 2.01. The van der Waals surface area contributed by atoms with Crippen LogP contribution in [-0.2, 0) is 6.54 Å². The van der Waals surface area contributed by atoms with Crippen LogP contribution in [0.5, 0.6) is 11.5 Å². The maximum absolute atomic E-state index is 9.16. The molecule has 1 unspecified atom stereocenters. The zero-order valence-electron chi connectivity index (χ0n) is 12.3. The van der Waals surface area contributed by atoms with Crippen LogP contribution in [0.25, 0.3) is 0 Å². The van der Waals surface area contributed by atoms with Crippen molar-refractivity contribution in [3.63, 3.8) is 0 Å². The first kappa shape index (κ1) is 15.8. The second-order valence-electron chi connectivity index (χ2n) is 4.67. The van der Waals surface area contributed by atoms with Gasteiger partial charge in [0.15, 0.2) is 0 Å². The number of hydrogen-bond acceptors (Lipinski definition) is 4. The van der Waals surface area contributed by atoms with Crippen molar-refractivity contribution in [2.24, 2.45) is 5.92 Å². The van der Waals surface area contributed by atoms with Crippen molar-refractivity contribution in [2.75, 3.05) is 27.4 Å². The molecular formula is C15H25NO3. The lowest BCUT2D eigenvalue weighted by Crippen LogP contribution is -2.24. The van der Waals surface area contributed by atoms with Crippen LogP contribution in [0.1, 0.15) is 24.5 Å². The highest BCUT2D eigenvalue weighted by atomic mass is 16.5. The third-order valence-corrected chi connectivity index (χ3v) is 3.45. The molecule has 0 radical (unpaired) electrons. The highest BCUT2D eigenvalue weighted by Gasteiger charge is 2.11. The highest BCUT2D eigenvalue weighted by Crippen LogP contribution is 2.31. The van der Waals surface area contributed by atoms with Gasteiger partial charge in [-0.05, 0) is 25.3 Å². The molecule has 2 N–H and O–H groups in total. The Hall–Kier alpha value is -1.26. The number of aliphatic hydroxyl groups is 1. The quantitative estimate of drug-likeness (QED) is 0.757. The summed E-state index contributed by atoms with van der Waals surface area (Å²) in [5.41, 5.74) is 2.12. The summed E-state index contributed by atoms with van der Waals surface area (Å²) >= 11 is 0. The average molecular weight is 267 g/mol. The molecule has 1 aromatic rings. The van der Waals surface area contributed by atoms with E-state index in [1.165, 1.54) is 0 Å². The molecule has 19 heavy (non-hydrogen) atoms. The van der Waals surface area contributed by atoms with Gasteiger partial charge in [0.25, 0.3) is 0 Å². The zero-order valence-corrected chi connectivity index (χ0v) is 12.3. The van der Waals surface area contributed by atoms with E-state index in [1.54, 1.807) is 14.2 Å². The second-order valence-corrected chi connectivity index (χ2v) is 4.67. The Morgan fingerprint density at radius 1 is 1.26 bits per heavy atom. The maximum atomic E-state index is 9.16. The van der Waals surface area contributed by atoms with Crippen LogP contribution in [0.4, 0.5) is 0 Å². The van der Waals surface area contributed by atoms with Gasteiger partial charge in [-0.25, -0.2) is 0 Å². The lowest BCUT2D eigenvalue weighted by atomic mass is 10.1. The molecule has 0 heterocycles. The third kappa shape index (κ3) is 4.11. The molecule has 0 aromatic heterocycles. The largest absolute Gasteiger partial charge is 0.496 e. The van der Waals surface area contributed by atoms with E-state index in [0.29, 0.717) is 5.92 Å². The number of rotatable bonds is 8. The smallest absolute Gasteiger partial charge is 0.129 e. The maximum Gasteiger partial charge on any atom is 0.129 e. The fraction of sp³-hybridized carbons (Fsp3) is 0.600. The van der Waals surface area contributed by atoms with E-state index in [-0.39, 0.29) is 6.61 Å². The minimum absolute atomic E-state index is 0.224. The molecule has 0 saturated carbocycles. The Labute approximate surface area is 115 Å². The first-order valence-corrected chi connectivity index (χ1v) is 6.69. The number of methoxy groups -OCH3 is 2. The van der Waals surface area contributed by atoms with Crippen molar-refractivity contribution in [1.82, 2.24) is 5.32 Å². The number of ether oxygens (including phenoxy) is 2. The summed E-state index contributed by atoms with van der Waals surface area (Å²) in [7, 11) is 3.33. The van der Waals surface area contributed by atoms with Crippen LogP contribution >= 0.6 is 0 Å². The monoisotopic (exact) mass is 267 g/mol. The van der Waals surface area contributed by atoms with Crippen molar-refractivity contribution < 1.29 is 14.6 Å². The zero-order chi connectivity index (χ0) is 14.3. The molecule has 1 rings (SSSR count). The van der Waals surface area contributed by atoms with Crippen LogP contribution in [0.2, 0.25) is 0 Å². The molecule has 0 spiro atoms. The van der Waals surface area contributed by atoms with E-state index < -0.39 is 0 Å². The number of nitrogens with one attached hydrogen (secondary N) is 1. The Balaban J connectivity index is 2.70. The molecule has 108 valence electrons. The van der Waals surface area contributed by atoms with Crippen molar-refractivity contribution in [2.45, 2.75) is 26.8 Å². The van der Waals surface area contributed by atoms with E-state index in [1.807, 2.05) is 19.1 Å². The molecule has 4 heteroatoms. The fourth-order valence-electron chi connectivity index (χ4n) is 2.12. The van der Waals surface area contributed by atoms with Gasteiger partial charge in [-0.3, -0.25) is 0 Å². The number of benzene rings is 1. The molecule has 0 amide bonds. The summed E-state index contributed by atoms with van der Waals surface area (Å²) in [6.07, 6.45) is 0.974. The van der Waals surface area contributed by atoms with E-state index >= 15 is 0 Å². The second kappa shape index (κ2) is 8.02. The Morgan fingerprint density at radius 2 is 2.00 bits per heavy atom. The fourth-order valence-corrected chi connectivity index (χ4v) is 2.12. The summed E-state index contributed by atoms with van der Waals surface area (Å²) in [4.78, 5) is 0. The van der Waals surface area contributed by atoms with Crippen molar-refractivity contribution in [3.8, 4) is 11.5 Å². The van der Waals surface area contributed by atoms with E-state index in [0.717, 1.165) is 42.1 Å². The molecule has 0 saturated heterocycles. The van der Waals surface area contributed by atoms with Crippen molar-refractivity contribution in [1.29, 1.82) is 0 Å². The van der Waals surface area contributed by atoms with Crippen LogP contribution in [0.15, 0.2) is 12.1 Å². The Kier molecular flexibility index (Phi) is 6.67. The minimum atomic E-state index is 0.224. The molecule has 0 fully saturated rings. The van der Waals surface area contributed by atoms with Gasteiger partial charge < -0.3 is 19.9 Å². The van der Waals surface area contributed by atoms with Gasteiger partial charge in [-0.2, -0.15) is 0 Å². The molecule has 0 aliphatic heterocycles. The van der Waals surface area contributed by atoms with Crippen LogP contribution in [0.3, 0.4) is 0 Å². The average Bonchev–Trinajstić information content (AvgIpc) is 2.44. The predicted octanol–water partition coefficient (Wildman–Crippen LogP) is 2.12. The van der Waals surface area contributed by atoms with Crippen LogP contribution in [0, 0.1) is 12.8 Å². The molecular weight excluding hydrogens is 242 g/mol. The van der Waals surface area contributed by atoms with Crippen molar-refractivity contribution in [3.05, 3.63) is 23.3 Å². The first-order valence-electron chi connectivity index (χ1n) is 6.69. The third-order valence-electron chi connectivity index (χ3n) is 3.45. The summed E-state index contributed by atoms with van der Waals surface area (Å²) in [6, 6.07) is 3.97. The molecule has 4 nitrogen and oxygen atoms in total. The lowest BCUT2D eigenvalue weighted by molar-refractivity contribution is 0.218. The van der Waals surface area contributed by atoms with Gasteiger partial charge in [0.1, 0.15) is 11.5 Å². The molecule has 0 aliphatic rings. The van der Waals surface area contributed by atoms with Gasteiger partial charge in [0, 0.05) is 30.8 Å². The van der Waals surface area contributed by atoms with Gasteiger partial charge in [-0.1, -0.05) is 13.0 Å². The van der Waals surface area contributed by atoms with Crippen molar-refractivity contribution >= 4 is 0 Å². The normalized spacial score (nSPS) is 12.3. The molecule has 0 aliphatic carbocycles. The first-order chi connectivity index (χ1) is 9.17. The standard InChI is InChI=1S/C15H25NO3/c1-5-12(10-17)8-16-9-13-6-7-14(18-3)11(2)15(13)19-4/h6-7,12,16-17H,5,8-10H2,1-4H3. The predicted molar refractivity (Wildman–Crippen MR) is 76.9 cm³/mol. The summed E-state index contributed by atoms with van der Waals surface area (Å²) in [5, 5.41) is 12.5. The molecule has 0 bridgehead atoms. The Morgan fingerprint density at radius 3 is 2.53 bits per heavy atom. The summed E-state index contributed by atoms with van der Waals surface area (Å²) < 4.78 is 10.7. The van der Waals surface area contributed by atoms with Gasteiger partial charge in [0.05, 0.1) is 14.2 Å². The van der Waals surface area contributed by atoms with Gasteiger partial charge in [0.2, 0.25) is 0 Å². The topological polar surface area (TPSA) is 50.7 Å². The Bertz CT molecular complexity index is 389. The minimum Gasteiger partial charge on any atom is -0.496 e. The summed E-state index contributed by atoms with van der Waals surface area (Å²) in [6.45, 7) is 5.83. The number of aliphatic hydroxyl groups excluding tert-OH is 1. The van der Waals surface area contributed by atoms with E-state index in [9.17, 15) is 0 Å². The highest BCUT2D eigenvalue weighted by molar-refractivity contribution is 5.49. The lowest BCUT2D eigenvalue weighted by Gasteiger charge is -2.16. The van der Waals surface area contributed by atoms with Gasteiger partial charge >= 0.3 is 0 Å². The molecule has 1 aromatic carbocycles. The molecule has 1 atom stereocenters. The number of hydrogen-bond donors (Lipinski definition) is 2. The van der Waals surface area contributed by atoms with E-state index in [2.05, 4.69) is 12.2 Å². The van der Waals surface area contributed by atoms with Crippen LogP contribution < -0.4 is 14.8 Å².